The molecule has 3 aromatic rings. The number of alkyl halides is 3. The van der Waals surface area contributed by atoms with E-state index in [2.05, 4.69) is 69.5 Å². The molecule has 0 spiro atoms. The highest BCUT2D eigenvalue weighted by Crippen LogP contribution is 2.23. The third-order valence-corrected chi connectivity index (χ3v) is 5.25. The average molecular weight is 486 g/mol. The standard InChI is InChI=1S/C14H18BrN.C7H6BF3O3/c1-3-11(4-2)10-16-8-7-12-9-13(15)5-6-14(12)16;9-7(10,11)14-6-3-1-5(2-4-6)8(12)13/h5-9,11H,3-4,10H2,1-2H3;1-4,12-13H. The molecule has 0 bridgehead atoms. The third-order valence-electron chi connectivity index (χ3n) is 4.75. The molecule has 0 amide bonds. The Hall–Kier alpha value is -1.97. The summed E-state index contributed by atoms with van der Waals surface area (Å²) in [6.45, 7) is 5.69. The van der Waals surface area contributed by atoms with Crippen molar-refractivity contribution in [2.24, 2.45) is 5.92 Å². The molecule has 0 saturated carbocycles. The predicted octanol–water partition coefficient (Wildman–Crippen LogP) is 5.11. The molecule has 0 saturated heterocycles. The summed E-state index contributed by atoms with van der Waals surface area (Å²) in [6.07, 6.45) is -0.0197. The number of benzene rings is 2. The SMILES string of the molecule is CCC(CC)Cn1ccc2cc(Br)ccc21.OB(O)c1ccc(OC(F)(F)F)cc1. The molecule has 0 aliphatic carbocycles. The first-order valence-electron chi connectivity index (χ1n) is 9.59. The maximum atomic E-state index is 11.7. The monoisotopic (exact) mass is 485 g/mol. The topological polar surface area (TPSA) is 54.6 Å². The van der Waals surface area contributed by atoms with Crippen molar-refractivity contribution in [3.05, 3.63) is 59.2 Å². The molecule has 0 atom stereocenters. The second-order valence-electron chi connectivity index (χ2n) is 6.84. The van der Waals surface area contributed by atoms with Gasteiger partial charge >= 0.3 is 13.5 Å². The van der Waals surface area contributed by atoms with Gasteiger partial charge in [-0.3, -0.25) is 0 Å². The molecule has 0 fully saturated rings. The van der Waals surface area contributed by atoms with Crippen LogP contribution < -0.4 is 10.2 Å². The highest BCUT2D eigenvalue weighted by molar-refractivity contribution is 9.10. The van der Waals surface area contributed by atoms with Gasteiger partial charge in [-0.25, -0.2) is 0 Å². The van der Waals surface area contributed by atoms with Gasteiger partial charge in [0, 0.05) is 28.1 Å². The zero-order valence-corrected chi connectivity index (χ0v) is 18.3. The van der Waals surface area contributed by atoms with E-state index in [0.717, 1.165) is 41.2 Å². The molecule has 30 heavy (non-hydrogen) atoms. The Kier molecular flexibility index (Phi) is 8.82. The highest BCUT2D eigenvalue weighted by atomic mass is 79.9. The quantitative estimate of drug-likeness (QED) is 0.477. The summed E-state index contributed by atoms with van der Waals surface area (Å²) in [5, 5.41) is 18.6. The summed E-state index contributed by atoms with van der Waals surface area (Å²) < 4.78 is 42.1. The van der Waals surface area contributed by atoms with Crippen molar-refractivity contribution in [1.82, 2.24) is 4.57 Å². The van der Waals surface area contributed by atoms with Gasteiger partial charge in [0.15, 0.2) is 0 Å². The van der Waals surface area contributed by atoms with Gasteiger partial charge in [-0.2, -0.15) is 0 Å². The number of halogens is 4. The first kappa shape index (κ1) is 24.3. The van der Waals surface area contributed by atoms with Gasteiger partial charge in [0.2, 0.25) is 0 Å². The van der Waals surface area contributed by atoms with Gasteiger partial charge < -0.3 is 19.4 Å². The zero-order valence-electron chi connectivity index (χ0n) is 16.7. The smallest absolute Gasteiger partial charge is 0.423 e. The summed E-state index contributed by atoms with van der Waals surface area (Å²) in [5.41, 5.74) is 1.44. The maximum Gasteiger partial charge on any atom is 0.573 e. The number of hydrogen-bond donors (Lipinski definition) is 2. The van der Waals surface area contributed by atoms with Crippen LogP contribution in [-0.2, 0) is 6.54 Å². The number of nitrogens with zero attached hydrogens (tertiary/aromatic N) is 1. The Labute approximate surface area is 182 Å². The van der Waals surface area contributed by atoms with Crippen LogP contribution in [0.15, 0.2) is 59.2 Å². The molecule has 2 N–H and O–H groups in total. The van der Waals surface area contributed by atoms with Crippen molar-refractivity contribution in [2.45, 2.75) is 39.6 Å². The van der Waals surface area contributed by atoms with E-state index in [4.69, 9.17) is 10.0 Å². The molecule has 0 unspecified atom stereocenters. The summed E-state index contributed by atoms with van der Waals surface area (Å²) in [6, 6.07) is 13.0. The Bertz CT molecular complexity index is 925. The molecule has 162 valence electrons. The lowest BCUT2D eigenvalue weighted by atomic mass is 9.80. The fourth-order valence-electron chi connectivity index (χ4n) is 3.00. The lowest BCUT2D eigenvalue weighted by Gasteiger charge is -2.14. The lowest BCUT2D eigenvalue weighted by molar-refractivity contribution is -0.274. The number of aromatic nitrogens is 1. The second-order valence-corrected chi connectivity index (χ2v) is 7.76. The molecule has 2 aromatic carbocycles. The molecule has 1 heterocycles. The number of rotatable bonds is 6. The zero-order chi connectivity index (χ0) is 22.3. The molecule has 0 aliphatic rings. The minimum absolute atomic E-state index is 0.0968. The first-order chi connectivity index (χ1) is 14.1. The molecule has 9 heteroatoms. The van der Waals surface area contributed by atoms with Crippen LogP contribution >= 0.6 is 15.9 Å². The van der Waals surface area contributed by atoms with E-state index in [1.807, 2.05) is 0 Å². The Morgan fingerprint density at radius 2 is 1.67 bits per heavy atom. The summed E-state index contributed by atoms with van der Waals surface area (Å²) in [7, 11) is -1.70. The summed E-state index contributed by atoms with van der Waals surface area (Å²) in [5.74, 6) is 0.390. The van der Waals surface area contributed by atoms with E-state index in [1.54, 1.807) is 0 Å². The van der Waals surface area contributed by atoms with Gasteiger partial charge in [-0.05, 0) is 47.8 Å². The Morgan fingerprint density at radius 1 is 1.03 bits per heavy atom. The van der Waals surface area contributed by atoms with Gasteiger partial charge in [0.05, 0.1) is 0 Å². The van der Waals surface area contributed by atoms with Crippen LogP contribution in [0.2, 0.25) is 0 Å². The molecular formula is C21H24BBrF3NO3. The van der Waals surface area contributed by atoms with E-state index in [0.29, 0.717) is 0 Å². The van der Waals surface area contributed by atoms with Crippen molar-refractivity contribution < 1.29 is 28.0 Å². The molecule has 0 aliphatic heterocycles. The predicted molar refractivity (Wildman–Crippen MR) is 117 cm³/mol. The largest absolute Gasteiger partial charge is 0.573 e. The molecule has 4 nitrogen and oxygen atoms in total. The van der Waals surface area contributed by atoms with Crippen molar-refractivity contribution in [1.29, 1.82) is 0 Å². The Morgan fingerprint density at radius 3 is 2.20 bits per heavy atom. The fraction of sp³-hybridized carbons (Fsp3) is 0.333. The van der Waals surface area contributed by atoms with Gasteiger partial charge in [-0.15, -0.1) is 13.2 Å². The van der Waals surface area contributed by atoms with E-state index in [9.17, 15) is 13.2 Å². The van der Waals surface area contributed by atoms with Crippen molar-refractivity contribution in [3.63, 3.8) is 0 Å². The molecule has 0 radical (unpaired) electrons. The summed E-state index contributed by atoms with van der Waals surface area (Å²) in [4.78, 5) is 0. The van der Waals surface area contributed by atoms with Crippen LogP contribution in [0.3, 0.4) is 0 Å². The Balaban J connectivity index is 0.000000216. The summed E-state index contributed by atoms with van der Waals surface area (Å²) >= 11 is 3.51. The van der Waals surface area contributed by atoms with Crippen molar-refractivity contribution >= 4 is 39.4 Å². The molecule has 1 aromatic heterocycles. The van der Waals surface area contributed by atoms with E-state index in [1.165, 1.54) is 23.7 Å². The molecular weight excluding hydrogens is 462 g/mol. The van der Waals surface area contributed by atoms with E-state index in [-0.39, 0.29) is 5.46 Å². The number of hydrogen-bond acceptors (Lipinski definition) is 3. The second kappa shape index (κ2) is 10.9. The van der Waals surface area contributed by atoms with Gasteiger partial charge in [0.25, 0.3) is 0 Å². The van der Waals surface area contributed by atoms with Crippen LogP contribution in [0.1, 0.15) is 26.7 Å². The van der Waals surface area contributed by atoms with Gasteiger partial charge in [-0.1, -0.05) is 54.8 Å². The van der Waals surface area contributed by atoms with Crippen LogP contribution in [-0.4, -0.2) is 28.1 Å². The maximum absolute atomic E-state index is 11.7. The normalized spacial score (nSPS) is 11.4. The molecule has 3 rings (SSSR count). The minimum Gasteiger partial charge on any atom is -0.423 e. The average Bonchev–Trinajstić information content (AvgIpc) is 3.07. The number of ether oxygens (including phenoxy) is 1. The van der Waals surface area contributed by atoms with Crippen molar-refractivity contribution in [3.8, 4) is 5.75 Å². The first-order valence-corrected chi connectivity index (χ1v) is 10.4. The minimum atomic E-state index is -4.74. The lowest BCUT2D eigenvalue weighted by Crippen LogP contribution is -2.29. The number of fused-ring (bicyclic) bond motifs is 1. The van der Waals surface area contributed by atoms with Gasteiger partial charge in [0.1, 0.15) is 5.75 Å². The van der Waals surface area contributed by atoms with Crippen LogP contribution in [0.5, 0.6) is 5.75 Å². The van der Waals surface area contributed by atoms with Crippen molar-refractivity contribution in [2.75, 3.05) is 0 Å². The van der Waals surface area contributed by atoms with E-state index >= 15 is 0 Å². The highest BCUT2D eigenvalue weighted by Gasteiger charge is 2.31. The van der Waals surface area contributed by atoms with E-state index < -0.39 is 19.2 Å². The van der Waals surface area contributed by atoms with Crippen LogP contribution in [0, 0.1) is 5.92 Å². The van der Waals surface area contributed by atoms with Crippen LogP contribution in [0.4, 0.5) is 13.2 Å². The van der Waals surface area contributed by atoms with Crippen LogP contribution in [0.25, 0.3) is 10.9 Å². The fourth-order valence-corrected chi connectivity index (χ4v) is 3.38. The third kappa shape index (κ3) is 7.38.